The molecule has 1 aromatic carbocycles. The normalized spacial score (nSPS) is 18.3. The van der Waals surface area contributed by atoms with Crippen LogP contribution >= 0.6 is 0 Å². The van der Waals surface area contributed by atoms with Gasteiger partial charge < -0.3 is 16.3 Å². The zero-order chi connectivity index (χ0) is 13.9. The second-order valence-corrected chi connectivity index (χ2v) is 5.29. The summed E-state index contributed by atoms with van der Waals surface area (Å²) in [5, 5.41) is 14.7. The van der Waals surface area contributed by atoms with E-state index in [9.17, 15) is 4.79 Å². The Morgan fingerprint density at radius 2 is 2.00 bits per heavy atom. The highest BCUT2D eigenvalue weighted by molar-refractivity contribution is 6.01. The topological polar surface area (TPSA) is 87.7 Å². The zero-order valence-corrected chi connectivity index (χ0v) is 11.0. The number of rotatable bonds is 3. The van der Waals surface area contributed by atoms with Crippen LogP contribution in [-0.2, 0) is 0 Å². The van der Waals surface area contributed by atoms with Crippen LogP contribution in [-0.4, -0.2) is 22.5 Å². The second-order valence-electron chi connectivity index (χ2n) is 5.29. The van der Waals surface area contributed by atoms with Crippen molar-refractivity contribution in [2.75, 3.05) is 0 Å². The lowest BCUT2D eigenvalue weighted by atomic mass is 9.99. The number of hydrogen-bond donors (Lipinski definition) is 3. The first-order valence-corrected chi connectivity index (χ1v) is 6.44. The molecule has 0 unspecified atom stereocenters. The molecular weight excluding hydrogens is 242 g/mol. The van der Waals surface area contributed by atoms with E-state index < -0.39 is 0 Å². The number of nitrogens with zero attached hydrogens (tertiary/aromatic N) is 1. The maximum Gasteiger partial charge on any atom is 0.251 e. The van der Waals surface area contributed by atoms with Gasteiger partial charge in [0.1, 0.15) is 0 Å². The van der Waals surface area contributed by atoms with E-state index in [-0.39, 0.29) is 17.3 Å². The molecule has 102 valence electrons. The monoisotopic (exact) mass is 261 g/mol. The lowest BCUT2D eigenvalue weighted by molar-refractivity contribution is 0.0908. The van der Waals surface area contributed by atoms with Crippen LogP contribution in [0, 0.1) is 0 Å². The number of amidine groups is 1. The largest absolute Gasteiger partial charge is 0.409 e. The Labute approximate surface area is 112 Å². The van der Waals surface area contributed by atoms with Crippen molar-refractivity contribution in [3.05, 3.63) is 35.4 Å². The fourth-order valence-electron chi connectivity index (χ4n) is 2.50. The van der Waals surface area contributed by atoms with Gasteiger partial charge >= 0.3 is 0 Å². The van der Waals surface area contributed by atoms with Gasteiger partial charge in [0.25, 0.3) is 5.91 Å². The molecule has 1 fully saturated rings. The van der Waals surface area contributed by atoms with Crippen molar-refractivity contribution in [3.63, 3.8) is 0 Å². The van der Waals surface area contributed by atoms with Crippen molar-refractivity contribution < 1.29 is 10.0 Å². The number of nitrogens with one attached hydrogen (secondary N) is 1. The van der Waals surface area contributed by atoms with Crippen molar-refractivity contribution in [2.45, 2.75) is 38.1 Å². The standard InChI is InChI=1S/C14H19N3O2/c1-14(7-2-3-8-14)16-13(18)11-6-4-5-10(9-11)12(15)17-19/h4-6,9,19H,2-3,7-8H2,1H3,(H2,15,17)(H,16,18). The van der Waals surface area contributed by atoms with Gasteiger partial charge in [0.05, 0.1) is 0 Å². The van der Waals surface area contributed by atoms with Crippen LogP contribution in [0.2, 0.25) is 0 Å². The molecule has 0 bridgehead atoms. The fraction of sp³-hybridized carbons (Fsp3) is 0.429. The number of amides is 1. The van der Waals surface area contributed by atoms with E-state index in [2.05, 4.69) is 17.4 Å². The Morgan fingerprint density at radius 3 is 2.63 bits per heavy atom. The Hall–Kier alpha value is -2.04. The summed E-state index contributed by atoms with van der Waals surface area (Å²) in [4.78, 5) is 12.2. The van der Waals surface area contributed by atoms with Crippen LogP contribution in [0.3, 0.4) is 0 Å². The molecule has 5 heteroatoms. The molecule has 0 radical (unpaired) electrons. The minimum absolute atomic E-state index is 0.00160. The van der Waals surface area contributed by atoms with E-state index in [1.807, 2.05) is 0 Å². The molecule has 2 rings (SSSR count). The first-order valence-electron chi connectivity index (χ1n) is 6.44. The van der Waals surface area contributed by atoms with E-state index in [1.165, 1.54) is 0 Å². The van der Waals surface area contributed by atoms with E-state index in [0.717, 1.165) is 25.7 Å². The molecule has 0 saturated heterocycles. The van der Waals surface area contributed by atoms with Crippen molar-refractivity contribution in [1.82, 2.24) is 5.32 Å². The van der Waals surface area contributed by atoms with Crippen molar-refractivity contribution in [3.8, 4) is 0 Å². The molecular formula is C14H19N3O2. The van der Waals surface area contributed by atoms with E-state index in [4.69, 9.17) is 10.9 Å². The molecule has 1 amide bonds. The Kier molecular flexibility index (Phi) is 3.74. The predicted molar refractivity (Wildman–Crippen MR) is 73.3 cm³/mol. The maximum atomic E-state index is 12.2. The number of carbonyl (C=O) groups excluding carboxylic acids is 1. The third kappa shape index (κ3) is 3.05. The predicted octanol–water partition coefficient (Wildman–Crippen LogP) is 1.84. The molecule has 4 N–H and O–H groups in total. The molecule has 5 nitrogen and oxygen atoms in total. The summed E-state index contributed by atoms with van der Waals surface area (Å²) in [5.41, 5.74) is 6.47. The Morgan fingerprint density at radius 1 is 1.37 bits per heavy atom. The number of nitrogens with two attached hydrogens (primary N) is 1. The lowest BCUT2D eigenvalue weighted by Crippen LogP contribution is -2.43. The third-order valence-corrected chi connectivity index (χ3v) is 3.65. The minimum atomic E-state index is -0.114. The summed E-state index contributed by atoms with van der Waals surface area (Å²) < 4.78 is 0. The molecule has 0 aliphatic heterocycles. The van der Waals surface area contributed by atoms with Gasteiger partial charge in [-0.1, -0.05) is 30.1 Å². The molecule has 19 heavy (non-hydrogen) atoms. The molecule has 1 aliphatic rings. The summed E-state index contributed by atoms with van der Waals surface area (Å²) in [6.45, 7) is 2.07. The lowest BCUT2D eigenvalue weighted by Gasteiger charge is -2.25. The SMILES string of the molecule is CC1(NC(=O)c2cccc(C(N)=NO)c2)CCCC1. The first kappa shape index (κ1) is 13.4. The molecule has 1 aliphatic carbocycles. The second kappa shape index (κ2) is 5.30. The van der Waals surface area contributed by atoms with Gasteiger partial charge in [-0.05, 0) is 31.9 Å². The summed E-state index contributed by atoms with van der Waals surface area (Å²) in [7, 11) is 0. The molecule has 0 spiro atoms. The van der Waals surface area contributed by atoms with Gasteiger partial charge in [-0.15, -0.1) is 0 Å². The van der Waals surface area contributed by atoms with Gasteiger partial charge in [0.2, 0.25) is 0 Å². The Bertz CT molecular complexity index is 505. The van der Waals surface area contributed by atoms with E-state index in [0.29, 0.717) is 11.1 Å². The number of benzene rings is 1. The summed E-state index contributed by atoms with van der Waals surface area (Å²) in [6.07, 6.45) is 4.33. The summed E-state index contributed by atoms with van der Waals surface area (Å²) in [5.74, 6) is -0.112. The first-order chi connectivity index (χ1) is 9.04. The molecule has 0 aromatic heterocycles. The summed E-state index contributed by atoms with van der Waals surface area (Å²) >= 11 is 0. The molecule has 1 aromatic rings. The van der Waals surface area contributed by atoms with Gasteiger partial charge in [-0.25, -0.2) is 0 Å². The quantitative estimate of drug-likeness (QED) is 0.336. The van der Waals surface area contributed by atoms with Gasteiger partial charge in [0, 0.05) is 16.7 Å². The van der Waals surface area contributed by atoms with E-state index in [1.54, 1.807) is 24.3 Å². The average Bonchev–Trinajstić information content (AvgIpc) is 2.84. The summed E-state index contributed by atoms with van der Waals surface area (Å²) in [6, 6.07) is 6.77. The highest BCUT2D eigenvalue weighted by Gasteiger charge is 2.30. The van der Waals surface area contributed by atoms with Crippen molar-refractivity contribution in [2.24, 2.45) is 10.9 Å². The highest BCUT2D eigenvalue weighted by Crippen LogP contribution is 2.29. The smallest absolute Gasteiger partial charge is 0.251 e. The number of hydrogen-bond acceptors (Lipinski definition) is 3. The van der Waals surface area contributed by atoms with Crippen molar-refractivity contribution in [1.29, 1.82) is 0 Å². The van der Waals surface area contributed by atoms with Gasteiger partial charge in [0.15, 0.2) is 5.84 Å². The van der Waals surface area contributed by atoms with Crippen LogP contribution < -0.4 is 11.1 Å². The fourth-order valence-corrected chi connectivity index (χ4v) is 2.50. The highest BCUT2D eigenvalue weighted by atomic mass is 16.4. The van der Waals surface area contributed by atoms with Crippen LogP contribution in [0.5, 0.6) is 0 Å². The van der Waals surface area contributed by atoms with E-state index >= 15 is 0 Å². The van der Waals surface area contributed by atoms with Crippen LogP contribution in [0.1, 0.15) is 48.5 Å². The van der Waals surface area contributed by atoms with Crippen LogP contribution in [0.15, 0.2) is 29.4 Å². The number of carbonyl (C=O) groups is 1. The zero-order valence-electron chi connectivity index (χ0n) is 11.0. The maximum absolute atomic E-state index is 12.2. The number of oxime groups is 1. The molecule has 1 saturated carbocycles. The average molecular weight is 261 g/mol. The van der Waals surface area contributed by atoms with Gasteiger partial charge in [-0.3, -0.25) is 4.79 Å². The van der Waals surface area contributed by atoms with Gasteiger partial charge in [-0.2, -0.15) is 0 Å². The third-order valence-electron chi connectivity index (χ3n) is 3.65. The van der Waals surface area contributed by atoms with Crippen LogP contribution in [0.4, 0.5) is 0 Å². The molecule has 0 heterocycles. The van der Waals surface area contributed by atoms with Crippen LogP contribution in [0.25, 0.3) is 0 Å². The Balaban J connectivity index is 2.15. The molecule has 0 atom stereocenters. The van der Waals surface area contributed by atoms with Crippen molar-refractivity contribution >= 4 is 11.7 Å². The minimum Gasteiger partial charge on any atom is -0.409 e.